The van der Waals surface area contributed by atoms with Gasteiger partial charge >= 0.3 is 0 Å². The smallest absolute Gasteiger partial charge is 0.0590 e. The van der Waals surface area contributed by atoms with Crippen molar-refractivity contribution in [2.75, 3.05) is 19.8 Å². The van der Waals surface area contributed by atoms with Gasteiger partial charge in [-0.2, -0.15) is 0 Å². The summed E-state index contributed by atoms with van der Waals surface area (Å²) in [5.74, 6) is 0. The first-order chi connectivity index (χ1) is 6.81. The largest absolute Gasteiger partial charge is 0.380 e. The third-order valence-corrected chi connectivity index (χ3v) is 2.19. The predicted octanol–water partition coefficient (Wildman–Crippen LogP) is 2.75. The summed E-state index contributed by atoms with van der Waals surface area (Å²) in [5, 5.41) is 3.42. The molecule has 0 aliphatic heterocycles. The molecule has 0 saturated heterocycles. The van der Waals surface area contributed by atoms with Crippen LogP contribution in [-0.4, -0.2) is 25.8 Å². The first-order valence-electron chi connectivity index (χ1n) is 5.73. The molecule has 0 radical (unpaired) electrons. The van der Waals surface area contributed by atoms with E-state index in [0.29, 0.717) is 6.04 Å². The normalized spacial score (nSPS) is 12.7. The van der Waals surface area contributed by atoms with Crippen LogP contribution in [0.4, 0.5) is 0 Å². The minimum atomic E-state index is 0.572. The zero-order chi connectivity index (χ0) is 10.6. The third kappa shape index (κ3) is 9.75. The lowest BCUT2D eigenvalue weighted by molar-refractivity contribution is 0.131. The van der Waals surface area contributed by atoms with Crippen molar-refractivity contribution in [2.45, 2.75) is 45.6 Å². The van der Waals surface area contributed by atoms with Gasteiger partial charge < -0.3 is 10.1 Å². The lowest BCUT2D eigenvalue weighted by Gasteiger charge is -2.12. The Morgan fingerprint density at radius 3 is 2.86 bits per heavy atom. The molecule has 0 aliphatic carbocycles. The summed E-state index contributed by atoms with van der Waals surface area (Å²) in [6.45, 7) is 10.8. The highest BCUT2D eigenvalue weighted by molar-refractivity contribution is 4.70. The quantitative estimate of drug-likeness (QED) is 0.431. The van der Waals surface area contributed by atoms with Crippen molar-refractivity contribution in [1.29, 1.82) is 0 Å². The number of nitrogens with one attached hydrogen (secondary N) is 1. The molecule has 2 nitrogen and oxygen atoms in total. The zero-order valence-electron chi connectivity index (χ0n) is 9.72. The van der Waals surface area contributed by atoms with Crippen LogP contribution in [0.1, 0.15) is 39.5 Å². The maximum atomic E-state index is 5.45. The van der Waals surface area contributed by atoms with E-state index in [-0.39, 0.29) is 0 Å². The molecular formula is C12H25NO. The average Bonchev–Trinajstić information content (AvgIpc) is 2.20. The zero-order valence-corrected chi connectivity index (χ0v) is 9.72. The highest BCUT2D eigenvalue weighted by atomic mass is 16.5. The molecule has 1 unspecified atom stereocenters. The summed E-state index contributed by atoms with van der Waals surface area (Å²) in [6, 6.07) is 0.572. The summed E-state index contributed by atoms with van der Waals surface area (Å²) in [7, 11) is 0. The molecule has 0 saturated carbocycles. The van der Waals surface area contributed by atoms with Gasteiger partial charge in [-0.15, -0.1) is 6.58 Å². The van der Waals surface area contributed by atoms with Crippen LogP contribution in [-0.2, 0) is 4.74 Å². The fourth-order valence-electron chi connectivity index (χ4n) is 1.20. The number of ether oxygens (including phenoxy) is 1. The molecular weight excluding hydrogens is 174 g/mol. The number of unbranched alkanes of at least 4 members (excludes halogenated alkanes) is 1. The van der Waals surface area contributed by atoms with Crippen LogP contribution in [0.3, 0.4) is 0 Å². The van der Waals surface area contributed by atoms with Gasteiger partial charge in [0.25, 0.3) is 0 Å². The monoisotopic (exact) mass is 199 g/mol. The first kappa shape index (κ1) is 13.7. The fraction of sp³-hybridized carbons (Fsp3) is 0.833. The Balaban J connectivity index is 3.06. The van der Waals surface area contributed by atoms with Crippen LogP contribution in [0.25, 0.3) is 0 Å². The third-order valence-electron chi connectivity index (χ3n) is 2.19. The minimum absolute atomic E-state index is 0.572. The first-order valence-corrected chi connectivity index (χ1v) is 5.73. The van der Waals surface area contributed by atoms with Crippen molar-refractivity contribution < 1.29 is 4.74 Å². The van der Waals surface area contributed by atoms with Crippen LogP contribution < -0.4 is 5.32 Å². The molecule has 0 aromatic rings. The molecule has 1 N–H and O–H groups in total. The second-order valence-corrected chi connectivity index (χ2v) is 3.69. The molecule has 1 atom stereocenters. The summed E-state index contributed by atoms with van der Waals surface area (Å²) >= 11 is 0. The lowest BCUT2D eigenvalue weighted by atomic mass is 10.2. The topological polar surface area (TPSA) is 21.3 Å². The van der Waals surface area contributed by atoms with Gasteiger partial charge in [0.1, 0.15) is 0 Å². The molecule has 0 rings (SSSR count). The van der Waals surface area contributed by atoms with Crippen molar-refractivity contribution >= 4 is 0 Å². The molecule has 14 heavy (non-hydrogen) atoms. The Bertz CT molecular complexity index is 125. The van der Waals surface area contributed by atoms with Gasteiger partial charge in [0, 0.05) is 19.2 Å². The van der Waals surface area contributed by atoms with Crippen molar-refractivity contribution in [2.24, 2.45) is 0 Å². The van der Waals surface area contributed by atoms with Crippen LogP contribution >= 0.6 is 0 Å². The van der Waals surface area contributed by atoms with E-state index in [4.69, 9.17) is 4.74 Å². The molecule has 0 spiro atoms. The van der Waals surface area contributed by atoms with Crippen LogP contribution in [0, 0.1) is 0 Å². The molecule has 0 fully saturated rings. The van der Waals surface area contributed by atoms with Crippen molar-refractivity contribution in [3.63, 3.8) is 0 Å². The van der Waals surface area contributed by atoms with Gasteiger partial charge in [0.05, 0.1) is 6.61 Å². The highest BCUT2D eigenvalue weighted by Crippen LogP contribution is 1.95. The fourth-order valence-corrected chi connectivity index (χ4v) is 1.20. The number of rotatable bonds is 10. The summed E-state index contributed by atoms with van der Waals surface area (Å²) < 4.78 is 5.45. The molecule has 0 aliphatic rings. The SMILES string of the molecule is C=CCCC(C)NCCOCCCC. The van der Waals surface area contributed by atoms with Crippen LogP contribution in [0.5, 0.6) is 0 Å². The van der Waals surface area contributed by atoms with Crippen molar-refractivity contribution in [3.8, 4) is 0 Å². The van der Waals surface area contributed by atoms with E-state index >= 15 is 0 Å². The maximum absolute atomic E-state index is 5.45. The Morgan fingerprint density at radius 1 is 1.43 bits per heavy atom. The van der Waals surface area contributed by atoms with E-state index in [1.807, 2.05) is 6.08 Å². The molecule has 0 heterocycles. The number of hydrogen-bond donors (Lipinski definition) is 1. The molecule has 0 aromatic carbocycles. The van der Waals surface area contributed by atoms with Gasteiger partial charge in [-0.3, -0.25) is 0 Å². The molecule has 0 bridgehead atoms. The Kier molecular flexibility index (Phi) is 10.5. The number of hydrogen-bond acceptors (Lipinski definition) is 2. The lowest BCUT2D eigenvalue weighted by Crippen LogP contribution is -2.29. The molecule has 0 aromatic heterocycles. The average molecular weight is 199 g/mol. The standard InChI is InChI=1S/C12H25NO/c1-4-6-8-12(3)13-9-11-14-10-7-5-2/h4,12-13H,1,5-11H2,2-3H3. The molecule has 0 amide bonds. The molecule has 84 valence electrons. The Hall–Kier alpha value is -0.340. The second kappa shape index (κ2) is 10.7. The second-order valence-electron chi connectivity index (χ2n) is 3.69. The summed E-state index contributed by atoms with van der Waals surface area (Å²) in [4.78, 5) is 0. The van der Waals surface area contributed by atoms with E-state index in [2.05, 4.69) is 25.7 Å². The Labute approximate surface area is 88.7 Å². The maximum Gasteiger partial charge on any atom is 0.0590 e. The van der Waals surface area contributed by atoms with Crippen LogP contribution in [0.15, 0.2) is 12.7 Å². The van der Waals surface area contributed by atoms with E-state index in [9.17, 15) is 0 Å². The van der Waals surface area contributed by atoms with Gasteiger partial charge in [-0.1, -0.05) is 19.4 Å². The summed E-state index contributed by atoms with van der Waals surface area (Å²) in [6.07, 6.45) is 6.61. The van der Waals surface area contributed by atoms with Gasteiger partial charge in [-0.05, 0) is 26.2 Å². The van der Waals surface area contributed by atoms with Crippen molar-refractivity contribution in [3.05, 3.63) is 12.7 Å². The van der Waals surface area contributed by atoms with E-state index < -0.39 is 0 Å². The van der Waals surface area contributed by atoms with E-state index in [1.165, 1.54) is 19.3 Å². The van der Waals surface area contributed by atoms with E-state index in [1.54, 1.807) is 0 Å². The highest BCUT2D eigenvalue weighted by Gasteiger charge is 1.98. The predicted molar refractivity (Wildman–Crippen MR) is 62.6 cm³/mol. The van der Waals surface area contributed by atoms with E-state index in [0.717, 1.165) is 26.2 Å². The Morgan fingerprint density at radius 2 is 2.21 bits per heavy atom. The number of allylic oxidation sites excluding steroid dienone is 1. The summed E-state index contributed by atoms with van der Waals surface area (Å²) in [5.41, 5.74) is 0. The van der Waals surface area contributed by atoms with Gasteiger partial charge in [0.2, 0.25) is 0 Å². The molecule has 2 heteroatoms. The van der Waals surface area contributed by atoms with Crippen LogP contribution in [0.2, 0.25) is 0 Å². The van der Waals surface area contributed by atoms with Gasteiger partial charge in [-0.25, -0.2) is 0 Å². The minimum Gasteiger partial charge on any atom is -0.380 e. The van der Waals surface area contributed by atoms with Crippen molar-refractivity contribution in [1.82, 2.24) is 5.32 Å². The van der Waals surface area contributed by atoms with Gasteiger partial charge in [0.15, 0.2) is 0 Å².